The Balaban J connectivity index is 1.98. The molecule has 4 nitrogen and oxygen atoms in total. The fraction of sp³-hybridized carbons (Fsp3) is 0.562. The lowest BCUT2D eigenvalue weighted by molar-refractivity contribution is -0.118. The van der Waals surface area contributed by atoms with Gasteiger partial charge in [0.1, 0.15) is 0 Å². The van der Waals surface area contributed by atoms with Gasteiger partial charge >= 0.3 is 0 Å². The maximum absolute atomic E-state index is 12.2. The first-order valence-corrected chi connectivity index (χ1v) is 7.55. The molecule has 0 aromatic heterocycles. The standard InChI is InChI=1S/C16H25N3O/c1-4-19(5-2)14-8-6-13(7-9-14)18-16(20)15-12(3)10-11-17-15/h6-9,12,15,17H,4-5,10-11H2,1-3H3,(H,18,20). The van der Waals surface area contributed by atoms with E-state index >= 15 is 0 Å². The van der Waals surface area contributed by atoms with Crippen LogP contribution in [0.2, 0.25) is 0 Å². The van der Waals surface area contributed by atoms with E-state index in [1.54, 1.807) is 0 Å². The van der Waals surface area contributed by atoms with Crippen molar-refractivity contribution in [3.63, 3.8) is 0 Å². The molecule has 0 saturated carbocycles. The monoisotopic (exact) mass is 275 g/mol. The second-order valence-corrected chi connectivity index (χ2v) is 5.41. The number of anilines is 2. The van der Waals surface area contributed by atoms with Crippen LogP contribution in [0, 0.1) is 5.92 Å². The maximum Gasteiger partial charge on any atom is 0.241 e. The highest BCUT2D eigenvalue weighted by Crippen LogP contribution is 2.20. The Morgan fingerprint density at radius 2 is 1.95 bits per heavy atom. The van der Waals surface area contributed by atoms with Gasteiger partial charge in [0.15, 0.2) is 0 Å². The summed E-state index contributed by atoms with van der Waals surface area (Å²) in [6, 6.07) is 8.02. The van der Waals surface area contributed by atoms with Crippen LogP contribution in [0.1, 0.15) is 27.2 Å². The quantitative estimate of drug-likeness (QED) is 0.867. The fourth-order valence-corrected chi connectivity index (χ4v) is 2.75. The summed E-state index contributed by atoms with van der Waals surface area (Å²) in [5.74, 6) is 0.482. The lowest BCUT2D eigenvalue weighted by atomic mass is 10.0. The molecule has 1 fully saturated rings. The van der Waals surface area contributed by atoms with E-state index in [4.69, 9.17) is 0 Å². The number of nitrogens with zero attached hydrogens (tertiary/aromatic N) is 1. The largest absolute Gasteiger partial charge is 0.372 e. The molecule has 20 heavy (non-hydrogen) atoms. The van der Waals surface area contributed by atoms with Crippen molar-refractivity contribution in [2.24, 2.45) is 5.92 Å². The normalized spacial score (nSPS) is 21.8. The molecule has 0 radical (unpaired) electrons. The summed E-state index contributed by atoms with van der Waals surface area (Å²) >= 11 is 0. The highest BCUT2D eigenvalue weighted by atomic mass is 16.2. The third-order valence-corrected chi connectivity index (χ3v) is 4.08. The van der Waals surface area contributed by atoms with Crippen molar-refractivity contribution >= 4 is 17.3 Å². The zero-order chi connectivity index (χ0) is 14.5. The van der Waals surface area contributed by atoms with Gasteiger partial charge in [0.2, 0.25) is 5.91 Å². The van der Waals surface area contributed by atoms with E-state index in [2.05, 4.69) is 48.4 Å². The van der Waals surface area contributed by atoms with E-state index in [-0.39, 0.29) is 11.9 Å². The smallest absolute Gasteiger partial charge is 0.241 e. The molecule has 1 amide bonds. The third-order valence-electron chi connectivity index (χ3n) is 4.08. The zero-order valence-corrected chi connectivity index (χ0v) is 12.6. The molecule has 1 aliphatic heterocycles. The van der Waals surface area contributed by atoms with Crippen LogP contribution < -0.4 is 15.5 Å². The van der Waals surface area contributed by atoms with Crippen LogP contribution in [0.3, 0.4) is 0 Å². The average molecular weight is 275 g/mol. The van der Waals surface area contributed by atoms with Crippen LogP contribution in [0.4, 0.5) is 11.4 Å². The maximum atomic E-state index is 12.2. The van der Waals surface area contributed by atoms with Crippen molar-refractivity contribution in [1.29, 1.82) is 0 Å². The molecule has 2 atom stereocenters. The number of amides is 1. The van der Waals surface area contributed by atoms with Gasteiger partial charge in [-0.2, -0.15) is 0 Å². The fourth-order valence-electron chi connectivity index (χ4n) is 2.75. The van der Waals surface area contributed by atoms with Gasteiger partial charge in [-0.15, -0.1) is 0 Å². The Kier molecular flexibility index (Phi) is 5.01. The molecular weight excluding hydrogens is 250 g/mol. The van der Waals surface area contributed by atoms with Gasteiger partial charge in [-0.3, -0.25) is 4.79 Å². The van der Waals surface area contributed by atoms with Crippen LogP contribution in [-0.2, 0) is 4.79 Å². The predicted molar refractivity (Wildman–Crippen MR) is 84.2 cm³/mol. The summed E-state index contributed by atoms with van der Waals surface area (Å²) in [6.45, 7) is 9.32. The van der Waals surface area contributed by atoms with Crippen molar-refractivity contribution in [3.8, 4) is 0 Å². The number of carbonyl (C=O) groups is 1. The number of benzene rings is 1. The lowest BCUT2D eigenvalue weighted by Crippen LogP contribution is -2.39. The average Bonchev–Trinajstić information content (AvgIpc) is 2.88. The number of hydrogen-bond acceptors (Lipinski definition) is 3. The molecule has 2 N–H and O–H groups in total. The SMILES string of the molecule is CCN(CC)c1ccc(NC(=O)C2NCCC2C)cc1. The first-order valence-electron chi connectivity index (χ1n) is 7.55. The molecule has 110 valence electrons. The van der Waals surface area contributed by atoms with Gasteiger partial charge < -0.3 is 15.5 Å². The van der Waals surface area contributed by atoms with Crippen molar-refractivity contribution in [3.05, 3.63) is 24.3 Å². The summed E-state index contributed by atoms with van der Waals surface area (Å²) < 4.78 is 0. The molecule has 1 aromatic carbocycles. The summed E-state index contributed by atoms with van der Waals surface area (Å²) in [4.78, 5) is 14.5. The van der Waals surface area contributed by atoms with Gasteiger partial charge in [0.05, 0.1) is 6.04 Å². The highest BCUT2D eigenvalue weighted by Gasteiger charge is 2.29. The van der Waals surface area contributed by atoms with Crippen LogP contribution in [0.5, 0.6) is 0 Å². The Labute approximate surface area is 121 Å². The van der Waals surface area contributed by atoms with Gasteiger partial charge in [0, 0.05) is 24.5 Å². The predicted octanol–water partition coefficient (Wildman–Crippen LogP) is 2.47. The van der Waals surface area contributed by atoms with Gasteiger partial charge in [0.25, 0.3) is 0 Å². The van der Waals surface area contributed by atoms with Gasteiger partial charge in [-0.05, 0) is 57.0 Å². The topological polar surface area (TPSA) is 44.4 Å². The van der Waals surface area contributed by atoms with Crippen LogP contribution >= 0.6 is 0 Å². The Bertz CT molecular complexity index is 440. The number of hydrogen-bond donors (Lipinski definition) is 2. The van der Waals surface area contributed by atoms with Crippen LogP contribution in [-0.4, -0.2) is 31.6 Å². The van der Waals surface area contributed by atoms with Gasteiger partial charge in [-0.1, -0.05) is 6.92 Å². The lowest BCUT2D eigenvalue weighted by Gasteiger charge is -2.21. The minimum absolute atomic E-state index is 0.0579. The van der Waals surface area contributed by atoms with E-state index in [1.807, 2.05) is 12.1 Å². The molecule has 1 aromatic rings. The molecule has 0 aliphatic carbocycles. The zero-order valence-electron chi connectivity index (χ0n) is 12.6. The first-order chi connectivity index (χ1) is 9.65. The minimum atomic E-state index is -0.0579. The molecule has 1 heterocycles. The van der Waals surface area contributed by atoms with E-state index in [9.17, 15) is 4.79 Å². The highest BCUT2D eigenvalue weighted by molar-refractivity contribution is 5.95. The third kappa shape index (κ3) is 3.31. The summed E-state index contributed by atoms with van der Waals surface area (Å²) in [6.07, 6.45) is 1.07. The van der Waals surface area contributed by atoms with E-state index in [0.717, 1.165) is 31.7 Å². The molecule has 1 aliphatic rings. The first kappa shape index (κ1) is 14.9. The number of nitrogens with one attached hydrogen (secondary N) is 2. The van der Waals surface area contributed by atoms with Gasteiger partial charge in [-0.25, -0.2) is 0 Å². The Hall–Kier alpha value is -1.55. The second-order valence-electron chi connectivity index (χ2n) is 5.41. The molecule has 1 saturated heterocycles. The van der Waals surface area contributed by atoms with Crippen molar-refractivity contribution < 1.29 is 4.79 Å². The van der Waals surface area contributed by atoms with Crippen molar-refractivity contribution in [2.75, 3.05) is 29.9 Å². The number of rotatable bonds is 5. The molecule has 4 heteroatoms. The van der Waals surface area contributed by atoms with E-state index in [1.165, 1.54) is 5.69 Å². The van der Waals surface area contributed by atoms with Crippen molar-refractivity contribution in [2.45, 2.75) is 33.2 Å². The molecule has 0 spiro atoms. The minimum Gasteiger partial charge on any atom is -0.372 e. The van der Waals surface area contributed by atoms with Crippen LogP contribution in [0.15, 0.2) is 24.3 Å². The molecule has 0 bridgehead atoms. The molecule has 2 unspecified atom stereocenters. The Morgan fingerprint density at radius 3 is 2.45 bits per heavy atom. The van der Waals surface area contributed by atoms with E-state index < -0.39 is 0 Å². The Morgan fingerprint density at radius 1 is 1.30 bits per heavy atom. The van der Waals surface area contributed by atoms with Crippen LogP contribution in [0.25, 0.3) is 0 Å². The molecular formula is C16H25N3O. The summed E-state index contributed by atoms with van der Waals surface area (Å²) in [7, 11) is 0. The summed E-state index contributed by atoms with van der Waals surface area (Å²) in [5.41, 5.74) is 2.06. The number of carbonyl (C=O) groups excluding carboxylic acids is 1. The second kappa shape index (κ2) is 6.75. The molecule has 2 rings (SSSR count). The van der Waals surface area contributed by atoms with E-state index in [0.29, 0.717) is 5.92 Å². The summed E-state index contributed by atoms with van der Waals surface area (Å²) in [5, 5.41) is 6.25. The van der Waals surface area contributed by atoms with Crippen molar-refractivity contribution in [1.82, 2.24) is 5.32 Å².